The van der Waals surface area contributed by atoms with Crippen LogP contribution in [0, 0.1) is 15.9 Å². The zero-order chi connectivity index (χ0) is 12.1. The van der Waals surface area contributed by atoms with Crippen molar-refractivity contribution in [1.29, 1.82) is 0 Å². The van der Waals surface area contributed by atoms with E-state index in [0.29, 0.717) is 6.54 Å². The van der Waals surface area contributed by atoms with Crippen molar-refractivity contribution in [1.82, 2.24) is 5.32 Å². The highest BCUT2D eigenvalue weighted by atomic mass is 79.9. The van der Waals surface area contributed by atoms with E-state index in [-0.39, 0.29) is 22.5 Å². The van der Waals surface area contributed by atoms with Crippen molar-refractivity contribution in [3.05, 3.63) is 32.5 Å². The summed E-state index contributed by atoms with van der Waals surface area (Å²) in [7, 11) is 1.72. The third-order valence-electron chi connectivity index (χ3n) is 1.81. The molecule has 0 spiro atoms. The summed E-state index contributed by atoms with van der Waals surface area (Å²) in [5.41, 5.74) is -0.260. The average molecular weight is 293 g/mol. The smallest absolute Gasteiger partial charge is 0.312 e. The van der Waals surface area contributed by atoms with Crippen LogP contribution >= 0.6 is 15.9 Å². The van der Waals surface area contributed by atoms with Crippen molar-refractivity contribution in [2.45, 2.75) is 0 Å². The maximum atomic E-state index is 13.2. The Bertz CT molecular complexity index is 401. The van der Waals surface area contributed by atoms with E-state index < -0.39 is 10.7 Å². The number of nitrogens with one attached hydrogen (secondary N) is 1. The monoisotopic (exact) mass is 292 g/mol. The van der Waals surface area contributed by atoms with Crippen LogP contribution in [0.15, 0.2) is 16.6 Å². The van der Waals surface area contributed by atoms with Crippen LogP contribution < -0.4 is 10.1 Å². The molecule has 0 heterocycles. The Kier molecular flexibility index (Phi) is 4.63. The van der Waals surface area contributed by atoms with Gasteiger partial charge in [-0.3, -0.25) is 10.1 Å². The third-order valence-corrected chi connectivity index (χ3v) is 2.42. The lowest BCUT2D eigenvalue weighted by molar-refractivity contribution is -0.386. The molecule has 0 aromatic heterocycles. The molecular formula is C9H10BrFN2O3. The molecule has 0 aliphatic heterocycles. The van der Waals surface area contributed by atoms with Gasteiger partial charge in [-0.25, -0.2) is 4.39 Å². The maximum Gasteiger partial charge on any atom is 0.312 e. The summed E-state index contributed by atoms with van der Waals surface area (Å²) in [6, 6.07) is 2.09. The minimum absolute atomic E-state index is 0.0418. The van der Waals surface area contributed by atoms with Gasteiger partial charge < -0.3 is 10.1 Å². The molecule has 1 rings (SSSR count). The van der Waals surface area contributed by atoms with Crippen LogP contribution in [0.4, 0.5) is 10.1 Å². The number of nitro groups is 1. The summed E-state index contributed by atoms with van der Waals surface area (Å²) < 4.78 is 18.3. The van der Waals surface area contributed by atoms with E-state index in [0.717, 1.165) is 12.1 Å². The topological polar surface area (TPSA) is 64.4 Å². The van der Waals surface area contributed by atoms with E-state index in [9.17, 15) is 14.5 Å². The van der Waals surface area contributed by atoms with Crippen molar-refractivity contribution in [2.24, 2.45) is 0 Å². The van der Waals surface area contributed by atoms with E-state index in [4.69, 9.17) is 4.74 Å². The van der Waals surface area contributed by atoms with Gasteiger partial charge in [0.2, 0.25) is 0 Å². The molecule has 0 radical (unpaired) electrons. The standard InChI is InChI=1S/C9H10BrFN2O3/c1-12-2-3-16-9-5-7(11)6(10)4-8(9)13(14)15/h4-5,12H,2-3H2,1H3. The number of nitro benzene ring substituents is 1. The van der Waals surface area contributed by atoms with Crippen LogP contribution in [0.25, 0.3) is 0 Å². The van der Waals surface area contributed by atoms with E-state index in [1.807, 2.05) is 0 Å². The molecule has 0 unspecified atom stereocenters. The number of benzene rings is 1. The highest BCUT2D eigenvalue weighted by Crippen LogP contribution is 2.32. The Labute approximate surface area is 99.9 Å². The van der Waals surface area contributed by atoms with Gasteiger partial charge in [-0.15, -0.1) is 0 Å². The molecule has 0 saturated carbocycles. The molecule has 0 atom stereocenters. The molecule has 5 nitrogen and oxygen atoms in total. The summed E-state index contributed by atoms with van der Waals surface area (Å²) in [6.45, 7) is 0.757. The zero-order valence-corrected chi connectivity index (χ0v) is 10.1. The van der Waals surface area contributed by atoms with Crippen LogP contribution in [0.2, 0.25) is 0 Å². The summed E-state index contributed by atoms with van der Waals surface area (Å²) >= 11 is 2.88. The van der Waals surface area contributed by atoms with E-state index in [1.165, 1.54) is 0 Å². The number of halogens is 2. The van der Waals surface area contributed by atoms with Gasteiger partial charge in [-0.2, -0.15) is 0 Å². The van der Waals surface area contributed by atoms with Gasteiger partial charge in [-0.05, 0) is 23.0 Å². The molecule has 0 fully saturated rings. The van der Waals surface area contributed by atoms with Gasteiger partial charge >= 0.3 is 5.69 Å². The van der Waals surface area contributed by atoms with Crippen molar-refractivity contribution in [3.8, 4) is 5.75 Å². The number of hydrogen-bond acceptors (Lipinski definition) is 4. The lowest BCUT2D eigenvalue weighted by Gasteiger charge is -2.07. The first-order valence-electron chi connectivity index (χ1n) is 4.47. The minimum Gasteiger partial charge on any atom is -0.485 e. The molecule has 0 aliphatic carbocycles. The predicted octanol–water partition coefficient (Wildman–Crippen LogP) is 2.09. The molecule has 1 aromatic rings. The van der Waals surface area contributed by atoms with Gasteiger partial charge in [0.15, 0.2) is 5.75 Å². The molecule has 1 N–H and O–H groups in total. The van der Waals surface area contributed by atoms with Gasteiger partial charge in [0.1, 0.15) is 12.4 Å². The SMILES string of the molecule is CNCCOc1cc(F)c(Br)cc1[N+](=O)[O-]. The second-order valence-electron chi connectivity index (χ2n) is 2.94. The van der Waals surface area contributed by atoms with Gasteiger partial charge in [0.05, 0.1) is 9.40 Å². The molecule has 88 valence electrons. The fourth-order valence-corrected chi connectivity index (χ4v) is 1.37. The zero-order valence-electron chi connectivity index (χ0n) is 8.50. The highest BCUT2D eigenvalue weighted by molar-refractivity contribution is 9.10. The van der Waals surface area contributed by atoms with Crippen LogP contribution in [0.1, 0.15) is 0 Å². The Hall–Kier alpha value is -1.21. The van der Waals surface area contributed by atoms with E-state index >= 15 is 0 Å². The number of rotatable bonds is 5. The Balaban J connectivity index is 2.95. The number of hydrogen-bond donors (Lipinski definition) is 1. The minimum atomic E-state index is -0.612. The Morgan fingerprint density at radius 3 is 2.88 bits per heavy atom. The van der Waals surface area contributed by atoms with Crippen LogP contribution in [-0.4, -0.2) is 25.1 Å². The molecule has 16 heavy (non-hydrogen) atoms. The van der Waals surface area contributed by atoms with Gasteiger partial charge in [0, 0.05) is 18.7 Å². The number of ether oxygens (including phenoxy) is 1. The molecule has 7 heteroatoms. The molecule has 0 amide bonds. The number of nitrogens with zero attached hydrogens (tertiary/aromatic N) is 1. The van der Waals surface area contributed by atoms with Crippen molar-refractivity contribution < 1.29 is 14.1 Å². The van der Waals surface area contributed by atoms with Crippen LogP contribution in [0.5, 0.6) is 5.75 Å². The quantitative estimate of drug-likeness (QED) is 0.513. The highest BCUT2D eigenvalue weighted by Gasteiger charge is 2.18. The fourth-order valence-electron chi connectivity index (χ4n) is 1.04. The lowest BCUT2D eigenvalue weighted by Crippen LogP contribution is -2.16. The molecule has 0 bridgehead atoms. The second-order valence-corrected chi connectivity index (χ2v) is 3.80. The second kappa shape index (κ2) is 5.76. The van der Waals surface area contributed by atoms with Crippen molar-refractivity contribution in [3.63, 3.8) is 0 Å². The summed E-state index contributed by atoms with van der Waals surface area (Å²) in [4.78, 5) is 10.1. The van der Waals surface area contributed by atoms with Gasteiger partial charge in [0.25, 0.3) is 0 Å². The van der Waals surface area contributed by atoms with E-state index in [2.05, 4.69) is 21.2 Å². The first kappa shape index (κ1) is 12.9. The molecule has 1 aromatic carbocycles. The fraction of sp³-hybridized carbons (Fsp3) is 0.333. The maximum absolute atomic E-state index is 13.2. The summed E-state index contributed by atoms with van der Waals surface area (Å²) in [6.07, 6.45) is 0. The molecular weight excluding hydrogens is 283 g/mol. The average Bonchev–Trinajstić information content (AvgIpc) is 2.23. The Morgan fingerprint density at radius 2 is 2.31 bits per heavy atom. The van der Waals surface area contributed by atoms with Crippen molar-refractivity contribution in [2.75, 3.05) is 20.2 Å². The van der Waals surface area contributed by atoms with Crippen LogP contribution in [0.3, 0.4) is 0 Å². The summed E-state index contributed by atoms with van der Waals surface area (Å²) in [5.74, 6) is -0.661. The number of likely N-dealkylation sites (N-methyl/N-ethyl adjacent to an activating group) is 1. The Morgan fingerprint density at radius 1 is 1.62 bits per heavy atom. The van der Waals surface area contributed by atoms with Crippen LogP contribution in [-0.2, 0) is 0 Å². The van der Waals surface area contributed by atoms with E-state index in [1.54, 1.807) is 7.05 Å². The predicted molar refractivity (Wildman–Crippen MR) is 60.2 cm³/mol. The lowest BCUT2D eigenvalue weighted by atomic mass is 10.3. The first-order chi connectivity index (χ1) is 7.56. The normalized spacial score (nSPS) is 10.2. The van der Waals surface area contributed by atoms with Gasteiger partial charge in [-0.1, -0.05) is 0 Å². The van der Waals surface area contributed by atoms with Crippen molar-refractivity contribution >= 4 is 21.6 Å². The summed E-state index contributed by atoms with van der Waals surface area (Å²) in [5, 5.41) is 13.5. The first-order valence-corrected chi connectivity index (χ1v) is 5.26. The molecule has 0 aliphatic rings. The molecule has 0 saturated heterocycles. The largest absolute Gasteiger partial charge is 0.485 e. The third kappa shape index (κ3) is 3.14.